The van der Waals surface area contributed by atoms with Gasteiger partial charge in [0, 0.05) is 13.0 Å². The average molecular weight is 555 g/mol. The summed E-state index contributed by atoms with van der Waals surface area (Å²) >= 11 is 7.86. The number of aromatic nitrogens is 1. The van der Waals surface area contributed by atoms with Gasteiger partial charge in [0.25, 0.3) is 11.1 Å². The fourth-order valence-corrected chi connectivity index (χ4v) is 5.46. The molecule has 0 atom stereocenters. The fraction of sp³-hybridized carbons (Fsp3) is 0.269. The molecule has 11 heteroatoms. The third-order valence-corrected chi connectivity index (χ3v) is 7.68. The van der Waals surface area contributed by atoms with E-state index in [4.69, 9.17) is 16.6 Å². The number of fused-ring (bicyclic) bond motifs is 1. The van der Waals surface area contributed by atoms with Gasteiger partial charge in [0.05, 0.1) is 10.7 Å². The molecule has 1 aliphatic heterocycles. The standard InChI is InChI=1S/C26H26N4O4S3/c1-17-10-12-18(13-11-17)15-21-24(33)30(26(35)37-21)14-6-2-3-9-22(31)28-29-23(32)16-36-25-27-19-7-4-5-8-20(19)34-25/h4-5,7-8,10-13,15H,2-3,6,9,14,16H2,1H3,(H,28,31)(H,29,32)/b21-15-. The molecule has 3 aromatic rings. The van der Waals surface area contributed by atoms with Gasteiger partial charge in [-0.25, -0.2) is 4.98 Å². The minimum atomic E-state index is -0.353. The van der Waals surface area contributed by atoms with Crippen molar-refractivity contribution in [2.45, 2.75) is 37.8 Å². The van der Waals surface area contributed by atoms with Crippen molar-refractivity contribution in [1.29, 1.82) is 0 Å². The molecule has 2 aromatic carbocycles. The molecule has 0 unspecified atom stereocenters. The normalized spacial score (nSPS) is 14.5. The molecule has 3 amide bonds. The maximum Gasteiger partial charge on any atom is 0.266 e. The fourth-order valence-electron chi connectivity index (χ4n) is 3.52. The van der Waals surface area contributed by atoms with Crippen molar-refractivity contribution in [3.05, 3.63) is 64.6 Å². The topological polar surface area (TPSA) is 105 Å². The summed E-state index contributed by atoms with van der Waals surface area (Å²) in [6.07, 6.45) is 4.24. The van der Waals surface area contributed by atoms with Crippen molar-refractivity contribution in [3.63, 3.8) is 0 Å². The number of benzene rings is 2. The molecular formula is C26H26N4O4S3. The van der Waals surface area contributed by atoms with Crippen LogP contribution >= 0.6 is 35.7 Å². The Morgan fingerprint density at radius 3 is 2.62 bits per heavy atom. The highest BCUT2D eigenvalue weighted by Crippen LogP contribution is 2.32. The van der Waals surface area contributed by atoms with Gasteiger partial charge in [-0.15, -0.1) is 0 Å². The zero-order chi connectivity index (χ0) is 26.2. The Kier molecular flexibility index (Phi) is 9.37. The second-order valence-corrected chi connectivity index (χ2v) is 11.0. The van der Waals surface area contributed by atoms with Crippen LogP contribution < -0.4 is 10.9 Å². The number of thiocarbonyl (C=S) groups is 1. The Hall–Kier alpha value is -3.15. The van der Waals surface area contributed by atoms with Crippen LogP contribution in [0.4, 0.5) is 0 Å². The van der Waals surface area contributed by atoms with Crippen LogP contribution in [0, 0.1) is 6.92 Å². The van der Waals surface area contributed by atoms with Crippen LogP contribution in [0.1, 0.15) is 36.8 Å². The number of oxazole rings is 1. The third kappa shape index (κ3) is 7.67. The number of rotatable bonds is 10. The Balaban J connectivity index is 1.10. The van der Waals surface area contributed by atoms with E-state index < -0.39 is 0 Å². The van der Waals surface area contributed by atoms with Gasteiger partial charge in [0.2, 0.25) is 11.8 Å². The van der Waals surface area contributed by atoms with Gasteiger partial charge in [0.1, 0.15) is 9.84 Å². The first kappa shape index (κ1) is 26.9. The zero-order valence-electron chi connectivity index (χ0n) is 20.2. The van der Waals surface area contributed by atoms with E-state index in [2.05, 4.69) is 15.8 Å². The highest BCUT2D eigenvalue weighted by atomic mass is 32.2. The largest absolute Gasteiger partial charge is 0.431 e. The summed E-state index contributed by atoms with van der Waals surface area (Å²) in [7, 11) is 0. The number of carbonyl (C=O) groups excluding carboxylic acids is 3. The molecule has 1 fully saturated rings. The van der Waals surface area contributed by atoms with Crippen LogP contribution in [-0.4, -0.2) is 44.2 Å². The lowest BCUT2D eigenvalue weighted by Crippen LogP contribution is -2.42. The Bertz CT molecular complexity index is 1300. The average Bonchev–Trinajstić information content (AvgIpc) is 3.42. The summed E-state index contributed by atoms with van der Waals surface area (Å²) in [6.45, 7) is 2.53. The highest BCUT2D eigenvalue weighted by molar-refractivity contribution is 8.26. The molecule has 1 saturated heterocycles. The minimum Gasteiger partial charge on any atom is -0.431 e. The van der Waals surface area contributed by atoms with E-state index in [1.165, 1.54) is 11.8 Å². The van der Waals surface area contributed by atoms with Gasteiger partial charge in [-0.3, -0.25) is 30.1 Å². The van der Waals surface area contributed by atoms with Gasteiger partial charge in [-0.2, -0.15) is 0 Å². The first-order chi connectivity index (χ1) is 17.9. The molecule has 0 bridgehead atoms. The zero-order valence-corrected chi connectivity index (χ0v) is 22.6. The van der Waals surface area contributed by atoms with Crippen molar-refractivity contribution in [2.75, 3.05) is 12.3 Å². The molecule has 8 nitrogen and oxygen atoms in total. The van der Waals surface area contributed by atoms with E-state index in [0.29, 0.717) is 33.0 Å². The maximum atomic E-state index is 12.7. The van der Waals surface area contributed by atoms with Crippen molar-refractivity contribution in [1.82, 2.24) is 20.7 Å². The number of hydrogen-bond acceptors (Lipinski definition) is 8. The third-order valence-electron chi connectivity index (χ3n) is 5.48. The lowest BCUT2D eigenvalue weighted by molar-refractivity contribution is -0.127. The first-order valence-corrected chi connectivity index (χ1v) is 14.0. The summed E-state index contributed by atoms with van der Waals surface area (Å²) in [5.74, 6) is -0.637. The van der Waals surface area contributed by atoms with Crippen LogP contribution in [0.15, 0.2) is 63.1 Å². The number of hydrazine groups is 1. The predicted molar refractivity (Wildman–Crippen MR) is 151 cm³/mol. The summed E-state index contributed by atoms with van der Waals surface area (Å²) in [6, 6.07) is 15.3. The smallest absolute Gasteiger partial charge is 0.266 e. The Labute approximate surface area is 228 Å². The second-order valence-electron chi connectivity index (χ2n) is 8.39. The van der Waals surface area contributed by atoms with E-state index in [0.717, 1.165) is 41.2 Å². The number of para-hydroxylation sites is 2. The number of unbranched alkanes of at least 4 members (excludes halogenated alkanes) is 2. The number of carbonyl (C=O) groups is 3. The summed E-state index contributed by atoms with van der Waals surface area (Å²) < 4.78 is 6.11. The highest BCUT2D eigenvalue weighted by Gasteiger charge is 2.31. The second kappa shape index (κ2) is 12.9. The van der Waals surface area contributed by atoms with Crippen LogP contribution in [0.5, 0.6) is 0 Å². The molecule has 0 radical (unpaired) electrons. The molecule has 0 saturated carbocycles. The van der Waals surface area contributed by atoms with Crippen molar-refractivity contribution in [3.8, 4) is 0 Å². The molecule has 2 heterocycles. The number of hydrogen-bond donors (Lipinski definition) is 2. The summed E-state index contributed by atoms with van der Waals surface area (Å²) in [5.41, 5.74) is 8.35. The van der Waals surface area contributed by atoms with E-state index in [1.807, 2.05) is 61.5 Å². The summed E-state index contributed by atoms with van der Waals surface area (Å²) in [5, 5.41) is 0.398. The molecule has 37 heavy (non-hydrogen) atoms. The van der Waals surface area contributed by atoms with E-state index in [-0.39, 0.29) is 29.9 Å². The number of thioether (sulfide) groups is 2. The van der Waals surface area contributed by atoms with Gasteiger partial charge in [-0.1, -0.05) is 84.1 Å². The molecule has 0 aliphatic carbocycles. The Morgan fingerprint density at radius 2 is 1.84 bits per heavy atom. The molecular weight excluding hydrogens is 529 g/mol. The van der Waals surface area contributed by atoms with Gasteiger partial charge < -0.3 is 4.42 Å². The molecule has 2 N–H and O–H groups in total. The lowest BCUT2D eigenvalue weighted by atomic mass is 10.1. The molecule has 192 valence electrons. The predicted octanol–water partition coefficient (Wildman–Crippen LogP) is 4.84. The minimum absolute atomic E-state index is 0.0647. The molecule has 1 aliphatic rings. The lowest BCUT2D eigenvalue weighted by Gasteiger charge is -2.14. The molecule has 0 spiro atoms. The van der Waals surface area contributed by atoms with Gasteiger partial charge in [0.15, 0.2) is 5.58 Å². The van der Waals surface area contributed by atoms with Gasteiger partial charge in [-0.05, 0) is 43.5 Å². The van der Waals surface area contributed by atoms with E-state index in [1.54, 1.807) is 4.90 Å². The number of amides is 3. The van der Waals surface area contributed by atoms with Crippen LogP contribution in [0.3, 0.4) is 0 Å². The van der Waals surface area contributed by atoms with Crippen LogP contribution in [0.25, 0.3) is 17.2 Å². The van der Waals surface area contributed by atoms with E-state index >= 15 is 0 Å². The van der Waals surface area contributed by atoms with E-state index in [9.17, 15) is 14.4 Å². The molecule has 4 rings (SSSR count). The first-order valence-electron chi connectivity index (χ1n) is 11.8. The van der Waals surface area contributed by atoms with Crippen molar-refractivity contribution < 1.29 is 18.8 Å². The monoisotopic (exact) mass is 554 g/mol. The SMILES string of the molecule is Cc1ccc(/C=C2\SC(=S)N(CCCCCC(=O)NNC(=O)CSc3nc4ccccc4o3)C2=O)cc1. The Morgan fingerprint density at radius 1 is 1.08 bits per heavy atom. The van der Waals surface area contributed by atoms with Crippen molar-refractivity contribution >= 4 is 75.0 Å². The van der Waals surface area contributed by atoms with Crippen LogP contribution in [-0.2, 0) is 14.4 Å². The van der Waals surface area contributed by atoms with Crippen LogP contribution in [0.2, 0.25) is 0 Å². The van der Waals surface area contributed by atoms with Gasteiger partial charge >= 0.3 is 0 Å². The quantitative estimate of drug-likeness (QED) is 0.121. The number of nitrogens with zero attached hydrogens (tertiary/aromatic N) is 2. The summed E-state index contributed by atoms with van der Waals surface area (Å²) in [4.78, 5) is 43.3. The maximum absolute atomic E-state index is 12.7. The number of nitrogens with one attached hydrogen (secondary N) is 2. The molecule has 1 aromatic heterocycles. The number of aryl methyl sites for hydroxylation is 1. The van der Waals surface area contributed by atoms with Crippen molar-refractivity contribution in [2.24, 2.45) is 0 Å².